The molecule has 0 aliphatic heterocycles. The molecule has 0 saturated heterocycles. The van der Waals surface area contributed by atoms with E-state index < -0.39 is 23.4 Å². The molecule has 33 heavy (non-hydrogen) atoms. The summed E-state index contributed by atoms with van der Waals surface area (Å²) < 4.78 is 15.9. The summed E-state index contributed by atoms with van der Waals surface area (Å²) in [6.07, 6.45) is 0. The van der Waals surface area contributed by atoms with Gasteiger partial charge in [-0.1, -0.05) is 36.4 Å². The average molecular weight is 450 g/mol. The maximum Gasteiger partial charge on any atom is 0.337 e. The molecule has 0 spiro atoms. The standard InChI is InChI=1S/C24H22N2O7/c1-25(23(27)16-33-19-10-6-9-18(13-19)24(28)31-2)22-14-20(11-12-21(22)26(29)30)32-15-17-7-4-3-5-8-17/h3-14H,15-16H2,1-2H3. The Balaban J connectivity index is 1.72. The summed E-state index contributed by atoms with van der Waals surface area (Å²) in [7, 11) is 2.68. The number of rotatable bonds is 9. The number of anilines is 1. The topological polar surface area (TPSA) is 108 Å². The van der Waals surface area contributed by atoms with Gasteiger partial charge in [0.05, 0.1) is 17.6 Å². The summed E-state index contributed by atoms with van der Waals surface area (Å²) in [5.41, 5.74) is 1.03. The second-order valence-electron chi connectivity index (χ2n) is 6.94. The third-order valence-corrected chi connectivity index (χ3v) is 4.74. The molecule has 3 rings (SSSR count). The molecule has 9 heteroatoms. The lowest BCUT2D eigenvalue weighted by atomic mass is 10.2. The van der Waals surface area contributed by atoms with E-state index in [1.165, 1.54) is 38.4 Å². The first-order chi connectivity index (χ1) is 15.9. The van der Waals surface area contributed by atoms with Gasteiger partial charge in [-0.05, 0) is 29.8 Å². The second-order valence-corrected chi connectivity index (χ2v) is 6.94. The van der Waals surface area contributed by atoms with Gasteiger partial charge in [0.2, 0.25) is 0 Å². The molecule has 0 bridgehead atoms. The number of methoxy groups -OCH3 is 1. The second kappa shape index (κ2) is 10.8. The highest BCUT2D eigenvalue weighted by Crippen LogP contribution is 2.32. The molecule has 3 aromatic rings. The summed E-state index contributed by atoms with van der Waals surface area (Å²) in [6, 6.07) is 19.8. The summed E-state index contributed by atoms with van der Waals surface area (Å²) in [6.45, 7) is -0.122. The maximum absolute atomic E-state index is 12.7. The number of hydrogen-bond acceptors (Lipinski definition) is 7. The van der Waals surface area contributed by atoms with Crippen molar-refractivity contribution in [2.45, 2.75) is 6.61 Å². The van der Waals surface area contributed by atoms with Gasteiger partial charge in [-0.2, -0.15) is 0 Å². The molecule has 0 heterocycles. The van der Waals surface area contributed by atoms with Gasteiger partial charge in [-0.3, -0.25) is 14.9 Å². The lowest BCUT2D eigenvalue weighted by Gasteiger charge is -2.19. The van der Waals surface area contributed by atoms with Gasteiger partial charge in [-0.25, -0.2) is 4.79 Å². The van der Waals surface area contributed by atoms with Crippen molar-refractivity contribution in [1.29, 1.82) is 0 Å². The minimum atomic E-state index is -0.569. The lowest BCUT2D eigenvalue weighted by Crippen LogP contribution is -2.31. The van der Waals surface area contributed by atoms with Gasteiger partial charge in [0, 0.05) is 19.2 Å². The van der Waals surface area contributed by atoms with E-state index in [4.69, 9.17) is 9.47 Å². The predicted octanol–water partition coefficient (Wildman–Crippen LogP) is 4.00. The maximum atomic E-state index is 12.7. The first kappa shape index (κ1) is 23.3. The van der Waals surface area contributed by atoms with Crippen LogP contribution in [0.4, 0.5) is 11.4 Å². The Labute approximate surface area is 190 Å². The van der Waals surface area contributed by atoms with Crippen LogP contribution >= 0.6 is 0 Å². The normalized spacial score (nSPS) is 10.2. The lowest BCUT2D eigenvalue weighted by molar-refractivity contribution is -0.384. The van der Waals surface area contributed by atoms with Crippen LogP contribution in [0.3, 0.4) is 0 Å². The highest BCUT2D eigenvalue weighted by Gasteiger charge is 2.23. The van der Waals surface area contributed by atoms with Crippen LogP contribution in [0.1, 0.15) is 15.9 Å². The Morgan fingerprint density at radius 2 is 1.67 bits per heavy atom. The number of nitrogens with zero attached hydrogens (tertiary/aromatic N) is 2. The summed E-state index contributed by atoms with van der Waals surface area (Å²) in [5.74, 6) is -0.395. The zero-order valence-electron chi connectivity index (χ0n) is 18.1. The zero-order chi connectivity index (χ0) is 23.8. The summed E-state index contributed by atoms with van der Waals surface area (Å²) in [5, 5.41) is 11.5. The summed E-state index contributed by atoms with van der Waals surface area (Å²) in [4.78, 5) is 36.4. The number of carbonyl (C=O) groups is 2. The van der Waals surface area contributed by atoms with Gasteiger partial charge in [0.25, 0.3) is 11.6 Å². The molecule has 0 fully saturated rings. The van der Waals surface area contributed by atoms with E-state index in [1.54, 1.807) is 18.2 Å². The quantitative estimate of drug-likeness (QED) is 0.275. The van der Waals surface area contributed by atoms with Crippen molar-refractivity contribution in [3.05, 3.63) is 94.0 Å². The van der Waals surface area contributed by atoms with Crippen molar-refractivity contribution in [3.63, 3.8) is 0 Å². The zero-order valence-corrected chi connectivity index (χ0v) is 18.1. The van der Waals surface area contributed by atoms with Crippen molar-refractivity contribution < 1.29 is 28.7 Å². The van der Waals surface area contributed by atoms with E-state index in [0.717, 1.165) is 10.5 Å². The fourth-order valence-corrected chi connectivity index (χ4v) is 2.96. The third kappa shape index (κ3) is 6.07. The van der Waals surface area contributed by atoms with Gasteiger partial charge in [0.1, 0.15) is 23.8 Å². The monoisotopic (exact) mass is 450 g/mol. The van der Waals surface area contributed by atoms with Crippen LogP contribution in [0.5, 0.6) is 11.5 Å². The fraction of sp³-hybridized carbons (Fsp3) is 0.167. The number of nitro benzene ring substituents is 1. The van der Waals surface area contributed by atoms with Gasteiger partial charge >= 0.3 is 5.97 Å². The van der Waals surface area contributed by atoms with Crippen molar-refractivity contribution in [2.75, 3.05) is 25.7 Å². The van der Waals surface area contributed by atoms with Crippen LogP contribution in [-0.2, 0) is 16.1 Å². The highest BCUT2D eigenvalue weighted by atomic mass is 16.6. The molecule has 0 radical (unpaired) electrons. The fourth-order valence-electron chi connectivity index (χ4n) is 2.96. The minimum absolute atomic E-state index is 0.0717. The van der Waals surface area contributed by atoms with E-state index >= 15 is 0 Å². The molecular weight excluding hydrogens is 428 g/mol. The van der Waals surface area contributed by atoms with E-state index in [2.05, 4.69) is 4.74 Å². The Kier molecular flexibility index (Phi) is 7.59. The molecular formula is C24H22N2O7. The van der Waals surface area contributed by atoms with Crippen LogP contribution in [-0.4, -0.2) is 37.6 Å². The van der Waals surface area contributed by atoms with Crippen molar-refractivity contribution >= 4 is 23.3 Å². The van der Waals surface area contributed by atoms with Crippen molar-refractivity contribution in [1.82, 2.24) is 0 Å². The van der Waals surface area contributed by atoms with E-state index in [-0.39, 0.29) is 29.3 Å². The van der Waals surface area contributed by atoms with Crippen molar-refractivity contribution in [3.8, 4) is 11.5 Å². The molecule has 0 atom stereocenters. The van der Waals surface area contributed by atoms with E-state index in [0.29, 0.717) is 5.75 Å². The highest BCUT2D eigenvalue weighted by molar-refractivity contribution is 5.96. The number of carbonyl (C=O) groups excluding carboxylic acids is 2. The Bertz CT molecular complexity index is 1150. The smallest absolute Gasteiger partial charge is 0.337 e. The third-order valence-electron chi connectivity index (χ3n) is 4.74. The number of esters is 1. The molecule has 170 valence electrons. The Morgan fingerprint density at radius 1 is 0.939 bits per heavy atom. The van der Waals surface area contributed by atoms with Crippen molar-refractivity contribution in [2.24, 2.45) is 0 Å². The van der Waals surface area contributed by atoms with Crippen LogP contribution in [0, 0.1) is 10.1 Å². The molecule has 0 unspecified atom stereocenters. The first-order valence-electron chi connectivity index (χ1n) is 9.92. The molecule has 0 aliphatic rings. The molecule has 0 N–H and O–H groups in total. The van der Waals surface area contributed by atoms with Crippen LogP contribution in [0.15, 0.2) is 72.8 Å². The predicted molar refractivity (Wildman–Crippen MR) is 121 cm³/mol. The number of nitro groups is 1. The number of hydrogen-bond donors (Lipinski definition) is 0. The van der Waals surface area contributed by atoms with Gasteiger partial charge in [0.15, 0.2) is 6.61 Å². The Hall–Kier alpha value is -4.40. The first-order valence-corrected chi connectivity index (χ1v) is 9.92. The minimum Gasteiger partial charge on any atom is -0.489 e. The summed E-state index contributed by atoms with van der Waals surface area (Å²) >= 11 is 0. The number of benzene rings is 3. The Morgan fingerprint density at radius 3 is 2.36 bits per heavy atom. The van der Waals surface area contributed by atoms with Crippen LogP contribution in [0.2, 0.25) is 0 Å². The number of amides is 1. The molecule has 9 nitrogen and oxygen atoms in total. The van der Waals surface area contributed by atoms with E-state index in [1.807, 2.05) is 30.3 Å². The molecule has 0 aliphatic carbocycles. The average Bonchev–Trinajstić information content (AvgIpc) is 2.85. The SMILES string of the molecule is COC(=O)c1cccc(OCC(=O)N(C)c2cc(OCc3ccccc3)ccc2[N+](=O)[O-])c1. The van der Waals surface area contributed by atoms with Gasteiger partial charge < -0.3 is 19.1 Å². The molecule has 1 amide bonds. The number of ether oxygens (including phenoxy) is 3. The molecule has 0 saturated carbocycles. The van der Waals surface area contributed by atoms with Gasteiger partial charge in [-0.15, -0.1) is 0 Å². The van der Waals surface area contributed by atoms with E-state index in [9.17, 15) is 19.7 Å². The van der Waals surface area contributed by atoms with Crippen LogP contribution < -0.4 is 14.4 Å². The molecule has 3 aromatic carbocycles. The largest absolute Gasteiger partial charge is 0.489 e. The van der Waals surface area contributed by atoms with Crippen LogP contribution in [0.25, 0.3) is 0 Å². The molecule has 0 aromatic heterocycles. The number of likely N-dealkylation sites (N-methyl/N-ethyl adjacent to an activating group) is 1.